The lowest BCUT2D eigenvalue weighted by Gasteiger charge is -2.35. The van der Waals surface area contributed by atoms with Crippen molar-refractivity contribution in [2.75, 3.05) is 4.90 Å². The Morgan fingerprint density at radius 1 is 0.941 bits per heavy atom. The van der Waals surface area contributed by atoms with Crippen molar-refractivity contribution in [1.29, 1.82) is 5.26 Å². The second kappa shape index (κ2) is 9.09. The Balaban J connectivity index is 1.67. The van der Waals surface area contributed by atoms with Gasteiger partial charge in [-0.05, 0) is 35.4 Å². The van der Waals surface area contributed by atoms with Crippen molar-refractivity contribution in [3.63, 3.8) is 0 Å². The number of guanidine groups is 1. The predicted molar refractivity (Wildman–Crippen MR) is 140 cm³/mol. The molecule has 2 N–H and O–H groups in total. The van der Waals surface area contributed by atoms with E-state index in [0.717, 1.165) is 16.8 Å². The number of aliphatic imine (C=N–C) groups is 1. The highest BCUT2D eigenvalue weighted by atomic mass is 15.3. The van der Waals surface area contributed by atoms with Crippen molar-refractivity contribution in [1.82, 2.24) is 0 Å². The summed E-state index contributed by atoms with van der Waals surface area (Å²) in [6.45, 7) is 3.85. The molecule has 34 heavy (non-hydrogen) atoms. The predicted octanol–water partition coefficient (Wildman–Crippen LogP) is 6.17. The quantitative estimate of drug-likeness (QED) is 0.301. The first-order chi connectivity index (χ1) is 16.7. The second-order valence-corrected chi connectivity index (χ2v) is 8.21. The van der Waals surface area contributed by atoms with Crippen LogP contribution in [-0.4, -0.2) is 12.0 Å². The zero-order chi connectivity index (χ0) is 23.5. The van der Waals surface area contributed by atoms with Gasteiger partial charge in [-0.1, -0.05) is 91.6 Å². The van der Waals surface area contributed by atoms with E-state index in [2.05, 4.69) is 84.3 Å². The lowest BCUT2D eigenvalue weighted by atomic mass is 9.85. The molecule has 2 atom stereocenters. The van der Waals surface area contributed by atoms with Crippen molar-refractivity contribution < 1.29 is 0 Å². The van der Waals surface area contributed by atoms with Crippen LogP contribution in [-0.2, 0) is 0 Å². The molecule has 4 nitrogen and oxygen atoms in total. The first kappa shape index (κ1) is 21.2. The lowest BCUT2D eigenvalue weighted by Crippen LogP contribution is -2.46. The molecule has 0 radical (unpaired) electrons. The Labute approximate surface area is 200 Å². The van der Waals surface area contributed by atoms with Crippen LogP contribution < -0.4 is 10.6 Å². The number of para-hydroxylation sites is 1. The summed E-state index contributed by atoms with van der Waals surface area (Å²) in [6.07, 6.45) is 12.1. The second-order valence-electron chi connectivity index (χ2n) is 8.21. The fourth-order valence-electron chi connectivity index (χ4n) is 4.71. The largest absolute Gasteiger partial charge is 0.369 e. The Morgan fingerprint density at radius 2 is 1.65 bits per heavy atom. The standard InChI is InChI=1S/C30H24N4/c1-2-9-27(22-18-16-21(20-31)17-19-22)33-30(32)34-28-14-7-5-12-25(28)23-10-3-4-11-24(23)26-13-6-8-15-29(26)34/h2-19,25,28H,1H2,(H2,32,33)/b27-9-. The fourth-order valence-corrected chi connectivity index (χ4v) is 4.71. The summed E-state index contributed by atoms with van der Waals surface area (Å²) in [5.41, 5.74) is 13.5. The molecule has 0 saturated carbocycles. The highest BCUT2D eigenvalue weighted by Gasteiger charge is 2.35. The molecule has 0 fully saturated rings. The molecule has 2 unspecified atom stereocenters. The fraction of sp³-hybridized carbons (Fsp3) is 0.0667. The molecule has 1 aliphatic carbocycles. The van der Waals surface area contributed by atoms with Crippen LogP contribution in [0.3, 0.4) is 0 Å². The summed E-state index contributed by atoms with van der Waals surface area (Å²) < 4.78 is 0. The third kappa shape index (κ3) is 3.74. The third-order valence-electron chi connectivity index (χ3n) is 6.24. The number of nitrogens with two attached hydrogens (primary N) is 1. The maximum atomic E-state index is 9.14. The van der Waals surface area contributed by atoms with E-state index in [0.29, 0.717) is 17.2 Å². The summed E-state index contributed by atoms with van der Waals surface area (Å²) >= 11 is 0. The van der Waals surface area contributed by atoms with Gasteiger partial charge in [-0.2, -0.15) is 5.26 Å². The molecule has 164 valence electrons. The first-order valence-corrected chi connectivity index (χ1v) is 11.2. The summed E-state index contributed by atoms with van der Waals surface area (Å²) in [7, 11) is 0. The Hall–Kier alpha value is -4.62. The minimum atomic E-state index is -0.0236. The number of rotatable bonds is 3. The number of fused-ring (bicyclic) bond motifs is 5. The van der Waals surface area contributed by atoms with Crippen LogP contribution in [0, 0.1) is 11.3 Å². The van der Waals surface area contributed by atoms with Gasteiger partial charge in [0.15, 0.2) is 0 Å². The van der Waals surface area contributed by atoms with E-state index < -0.39 is 0 Å². The van der Waals surface area contributed by atoms with E-state index in [1.807, 2.05) is 24.3 Å². The average molecular weight is 441 g/mol. The summed E-state index contributed by atoms with van der Waals surface area (Å²) in [6, 6.07) is 26.3. The number of allylic oxidation sites excluding steroid dienone is 4. The monoisotopic (exact) mass is 440 g/mol. The minimum Gasteiger partial charge on any atom is -0.369 e. The van der Waals surface area contributed by atoms with Gasteiger partial charge in [-0.15, -0.1) is 0 Å². The number of nitrogens with zero attached hydrogens (tertiary/aromatic N) is 3. The summed E-state index contributed by atoms with van der Waals surface area (Å²) in [4.78, 5) is 7.00. The third-order valence-corrected chi connectivity index (χ3v) is 6.24. The van der Waals surface area contributed by atoms with Crippen LogP contribution >= 0.6 is 0 Å². The van der Waals surface area contributed by atoms with Crippen LogP contribution in [0.25, 0.3) is 16.8 Å². The van der Waals surface area contributed by atoms with Gasteiger partial charge in [0.1, 0.15) is 0 Å². The molecule has 1 aliphatic heterocycles. The van der Waals surface area contributed by atoms with Crippen LogP contribution in [0.1, 0.15) is 22.6 Å². The molecule has 1 heterocycles. The maximum absolute atomic E-state index is 9.14. The van der Waals surface area contributed by atoms with Crippen molar-refractivity contribution in [2.45, 2.75) is 12.0 Å². The number of nitriles is 1. The molecule has 0 saturated heterocycles. The van der Waals surface area contributed by atoms with E-state index in [4.69, 9.17) is 16.0 Å². The molecule has 0 spiro atoms. The normalized spacial score (nSPS) is 18.9. The van der Waals surface area contributed by atoms with Crippen LogP contribution in [0.15, 0.2) is 121 Å². The van der Waals surface area contributed by atoms with E-state index in [-0.39, 0.29) is 12.0 Å². The van der Waals surface area contributed by atoms with Gasteiger partial charge in [0.25, 0.3) is 0 Å². The van der Waals surface area contributed by atoms with Crippen molar-refractivity contribution >= 4 is 17.3 Å². The molecule has 5 rings (SSSR count). The topological polar surface area (TPSA) is 65.4 Å². The zero-order valence-corrected chi connectivity index (χ0v) is 18.7. The van der Waals surface area contributed by atoms with Gasteiger partial charge in [-0.3, -0.25) is 0 Å². The van der Waals surface area contributed by atoms with Crippen LogP contribution in [0.2, 0.25) is 0 Å². The van der Waals surface area contributed by atoms with Gasteiger partial charge >= 0.3 is 0 Å². The molecule has 3 aromatic rings. The van der Waals surface area contributed by atoms with E-state index in [9.17, 15) is 0 Å². The number of hydrogen-bond donors (Lipinski definition) is 1. The van der Waals surface area contributed by atoms with Crippen molar-refractivity contribution in [3.8, 4) is 17.2 Å². The van der Waals surface area contributed by atoms with Gasteiger partial charge in [0.05, 0.1) is 29.1 Å². The average Bonchev–Trinajstić information content (AvgIpc) is 3.01. The molecular formula is C30H24N4. The SMILES string of the molecule is C=C/C=C(\N=C(N)N1c2ccccc2-c2ccccc2C2C=CC=CC21)c1ccc(C#N)cc1. The van der Waals surface area contributed by atoms with Crippen LogP contribution in [0.5, 0.6) is 0 Å². The van der Waals surface area contributed by atoms with Gasteiger partial charge < -0.3 is 10.6 Å². The number of benzene rings is 3. The Morgan fingerprint density at radius 3 is 2.41 bits per heavy atom. The van der Waals surface area contributed by atoms with Crippen molar-refractivity contribution in [3.05, 3.63) is 133 Å². The smallest absolute Gasteiger partial charge is 0.201 e. The minimum absolute atomic E-state index is 0.0236. The van der Waals surface area contributed by atoms with Crippen LogP contribution in [0.4, 0.5) is 5.69 Å². The highest BCUT2D eigenvalue weighted by Crippen LogP contribution is 2.44. The highest BCUT2D eigenvalue weighted by molar-refractivity contribution is 6.03. The maximum Gasteiger partial charge on any atom is 0.201 e. The summed E-state index contributed by atoms with van der Waals surface area (Å²) in [5.74, 6) is 0.525. The molecule has 4 heteroatoms. The number of hydrogen-bond acceptors (Lipinski definition) is 2. The van der Waals surface area contributed by atoms with Gasteiger partial charge in [0.2, 0.25) is 5.96 Å². The lowest BCUT2D eigenvalue weighted by molar-refractivity contribution is 0.706. The molecular weight excluding hydrogens is 416 g/mol. The summed E-state index contributed by atoms with van der Waals surface area (Å²) in [5, 5.41) is 9.14. The van der Waals surface area contributed by atoms with E-state index in [1.54, 1.807) is 18.2 Å². The first-order valence-electron chi connectivity index (χ1n) is 11.2. The van der Waals surface area contributed by atoms with E-state index >= 15 is 0 Å². The molecule has 2 aliphatic rings. The zero-order valence-electron chi connectivity index (χ0n) is 18.7. The molecule has 0 aromatic heterocycles. The number of anilines is 1. The Kier molecular flexibility index (Phi) is 5.68. The molecule has 0 bridgehead atoms. The van der Waals surface area contributed by atoms with Crippen molar-refractivity contribution in [2.24, 2.45) is 10.7 Å². The Bertz CT molecular complexity index is 1400. The molecule has 3 aromatic carbocycles. The van der Waals surface area contributed by atoms with Gasteiger partial charge in [-0.25, -0.2) is 4.99 Å². The van der Waals surface area contributed by atoms with E-state index in [1.165, 1.54) is 11.1 Å². The van der Waals surface area contributed by atoms with Gasteiger partial charge in [0, 0.05) is 17.0 Å². The molecule has 0 amide bonds.